The van der Waals surface area contributed by atoms with Crippen LogP contribution in [0.2, 0.25) is 5.02 Å². The van der Waals surface area contributed by atoms with Crippen LogP contribution < -0.4 is 15.4 Å². The van der Waals surface area contributed by atoms with Crippen LogP contribution in [-0.2, 0) is 4.79 Å². The average Bonchev–Trinajstić information content (AvgIpc) is 2.75. The number of aliphatic imine (C=N–C) groups is 1. The molecule has 0 radical (unpaired) electrons. The maximum Gasteiger partial charge on any atom is 0.257 e. The maximum absolute atomic E-state index is 12.6. The third-order valence-corrected chi connectivity index (χ3v) is 4.76. The van der Waals surface area contributed by atoms with E-state index in [4.69, 9.17) is 16.3 Å². The highest BCUT2D eigenvalue weighted by atomic mass is 35.5. The number of para-hydroxylation sites is 1. The van der Waals surface area contributed by atoms with Crippen LogP contribution >= 0.6 is 11.6 Å². The molecule has 0 unspecified atom stereocenters. The summed E-state index contributed by atoms with van der Waals surface area (Å²) in [5.74, 6) is 0.857. The van der Waals surface area contributed by atoms with Gasteiger partial charge in [0.1, 0.15) is 11.5 Å². The molecule has 2 amide bonds. The van der Waals surface area contributed by atoms with Gasteiger partial charge >= 0.3 is 0 Å². The summed E-state index contributed by atoms with van der Waals surface area (Å²) >= 11 is 5.92. The highest BCUT2D eigenvalue weighted by molar-refractivity contribution is 6.30. The SMILES string of the molecule is O=C1C[C@@H](c2ccc(Cl)cc2)N=C(NC(=O)c2ccc(Oc3ccccc3)cc2)N1. The van der Waals surface area contributed by atoms with Crippen molar-refractivity contribution in [2.75, 3.05) is 0 Å². The molecule has 3 aromatic rings. The van der Waals surface area contributed by atoms with E-state index in [1.807, 2.05) is 42.5 Å². The Morgan fingerprint density at radius 3 is 2.33 bits per heavy atom. The minimum atomic E-state index is -0.382. The van der Waals surface area contributed by atoms with Crippen LogP contribution in [0, 0.1) is 0 Å². The van der Waals surface area contributed by atoms with Gasteiger partial charge in [-0.15, -0.1) is 0 Å². The first kappa shape index (κ1) is 19.7. The van der Waals surface area contributed by atoms with Gasteiger partial charge in [0.2, 0.25) is 11.9 Å². The lowest BCUT2D eigenvalue weighted by Crippen LogP contribution is -2.47. The fourth-order valence-corrected chi connectivity index (χ4v) is 3.14. The fourth-order valence-electron chi connectivity index (χ4n) is 3.01. The maximum atomic E-state index is 12.6. The zero-order valence-corrected chi connectivity index (χ0v) is 16.6. The largest absolute Gasteiger partial charge is 0.457 e. The molecule has 4 rings (SSSR count). The van der Waals surface area contributed by atoms with Gasteiger partial charge in [-0.25, -0.2) is 4.99 Å². The molecule has 1 atom stereocenters. The van der Waals surface area contributed by atoms with Crippen LogP contribution in [0.15, 0.2) is 83.9 Å². The molecule has 2 N–H and O–H groups in total. The van der Waals surface area contributed by atoms with E-state index in [-0.39, 0.29) is 30.2 Å². The predicted octanol–water partition coefficient (Wildman–Crippen LogP) is 4.48. The van der Waals surface area contributed by atoms with Crippen molar-refractivity contribution in [1.29, 1.82) is 0 Å². The van der Waals surface area contributed by atoms with Gasteiger partial charge in [0.05, 0.1) is 12.5 Å². The zero-order valence-electron chi connectivity index (χ0n) is 15.8. The molecule has 0 aliphatic carbocycles. The van der Waals surface area contributed by atoms with Gasteiger partial charge in [0.15, 0.2) is 0 Å². The van der Waals surface area contributed by atoms with Gasteiger partial charge in [0.25, 0.3) is 5.91 Å². The molecule has 1 aliphatic heterocycles. The summed E-state index contributed by atoms with van der Waals surface area (Å²) in [7, 11) is 0. The number of carbonyl (C=O) groups excluding carboxylic acids is 2. The second kappa shape index (κ2) is 8.80. The Morgan fingerprint density at radius 2 is 1.63 bits per heavy atom. The number of nitrogens with zero attached hydrogens (tertiary/aromatic N) is 1. The van der Waals surface area contributed by atoms with Gasteiger partial charge in [0, 0.05) is 10.6 Å². The molecular formula is C23H18ClN3O3. The van der Waals surface area contributed by atoms with E-state index in [9.17, 15) is 9.59 Å². The number of halogens is 1. The van der Waals surface area contributed by atoms with Crippen molar-refractivity contribution in [2.45, 2.75) is 12.5 Å². The van der Waals surface area contributed by atoms with Crippen molar-refractivity contribution in [3.8, 4) is 11.5 Å². The van der Waals surface area contributed by atoms with Crippen LogP contribution in [0.3, 0.4) is 0 Å². The number of hydrogen-bond donors (Lipinski definition) is 2. The van der Waals surface area contributed by atoms with E-state index < -0.39 is 0 Å². The summed E-state index contributed by atoms with van der Waals surface area (Å²) < 4.78 is 5.73. The summed E-state index contributed by atoms with van der Waals surface area (Å²) in [6.07, 6.45) is 0.201. The third-order valence-electron chi connectivity index (χ3n) is 4.50. The third kappa shape index (κ3) is 4.85. The average molecular weight is 420 g/mol. The van der Waals surface area contributed by atoms with Gasteiger partial charge in [-0.3, -0.25) is 20.2 Å². The molecule has 0 saturated carbocycles. The van der Waals surface area contributed by atoms with Gasteiger partial charge in [-0.2, -0.15) is 0 Å². The molecule has 0 aromatic heterocycles. The van der Waals surface area contributed by atoms with E-state index >= 15 is 0 Å². The lowest BCUT2D eigenvalue weighted by Gasteiger charge is -2.21. The lowest BCUT2D eigenvalue weighted by molar-refractivity contribution is -0.120. The van der Waals surface area contributed by atoms with Crippen molar-refractivity contribution in [2.24, 2.45) is 4.99 Å². The molecular weight excluding hydrogens is 402 g/mol. The smallest absolute Gasteiger partial charge is 0.257 e. The standard InChI is InChI=1S/C23H18ClN3O3/c24-17-10-6-15(7-11-17)20-14-21(28)26-23(25-20)27-22(29)16-8-12-19(13-9-16)30-18-4-2-1-3-5-18/h1-13,20H,14H2,(H2,25,26,27,28,29)/t20-/m0/s1. The van der Waals surface area contributed by atoms with Crippen molar-refractivity contribution in [1.82, 2.24) is 10.6 Å². The Labute approximate surface area is 178 Å². The van der Waals surface area contributed by atoms with E-state index in [1.54, 1.807) is 36.4 Å². The van der Waals surface area contributed by atoms with Gasteiger partial charge in [-0.05, 0) is 54.1 Å². The normalized spacial score (nSPS) is 15.7. The predicted molar refractivity (Wildman–Crippen MR) is 115 cm³/mol. The van der Waals surface area contributed by atoms with Crippen LogP contribution in [0.4, 0.5) is 0 Å². The first-order chi connectivity index (χ1) is 14.6. The highest BCUT2D eigenvalue weighted by Gasteiger charge is 2.23. The van der Waals surface area contributed by atoms with E-state index in [0.717, 1.165) is 5.56 Å². The Bertz CT molecular complexity index is 1080. The molecule has 30 heavy (non-hydrogen) atoms. The number of ether oxygens (including phenoxy) is 1. The molecule has 150 valence electrons. The van der Waals surface area contributed by atoms with Gasteiger partial charge < -0.3 is 4.74 Å². The minimum absolute atomic E-state index is 0.126. The molecule has 3 aromatic carbocycles. The highest BCUT2D eigenvalue weighted by Crippen LogP contribution is 2.25. The first-order valence-electron chi connectivity index (χ1n) is 9.34. The summed E-state index contributed by atoms with van der Waals surface area (Å²) in [6, 6.07) is 22.8. The monoisotopic (exact) mass is 419 g/mol. The molecule has 0 fully saturated rings. The fraction of sp³-hybridized carbons (Fsp3) is 0.0870. The Kier molecular flexibility index (Phi) is 5.77. The molecule has 1 heterocycles. The summed E-state index contributed by atoms with van der Waals surface area (Å²) in [5, 5.41) is 5.87. The van der Waals surface area contributed by atoms with E-state index in [1.165, 1.54) is 0 Å². The lowest BCUT2D eigenvalue weighted by atomic mass is 10.0. The zero-order chi connectivity index (χ0) is 20.9. The van der Waals surface area contributed by atoms with E-state index in [0.29, 0.717) is 22.1 Å². The Morgan fingerprint density at radius 1 is 0.967 bits per heavy atom. The summed E-state index contributed by atoms with van der Waals surface area (Å²) in [5.41, 5.74) is 1.27. The number of nitrogens with one attached hydrogen (secondary N) is 2. The molecule has 7 heteroatoms. The topological polar surface area (TPSA) is 79.8 Å². The number of benzene rings is 3. The Hall–Kier alpha value is -3.64. The van der Waals surface area contributed by atoms with Gasteiger partial charge in [-0.1, -0.05) is 41.9 Å². The number of guanidine groups is 1. The molecule has 1 aliphatic rings. The molecule has 0 bridgehead atoms. The Balaban J connectivity index is 1.44. The van der Waals surface area contributed by atoms with Crippen molar-refractivity contribution in [3.63, 3.8) is 0 Å². The van der Waals surface area contributed by atoms with Crippen LogP contribution in [0.1, 0.15) is 28.4 Å². The minimum Gasteiger partial charge on any atom is -0.457 e. The van der Waals surface area contributed by atoms with Crippen LogP contribution in [0.25, 0.3) is 0 Å². The first-order valence-corrected chi connectivity index (χ1v) is 9.72. The quantitative estimate of drug-likeness (QED) is 0.654. The van der Waals surface area contributed by atoms with Crippen molar-refractivity contribution in [3.05, 3.63) is 95.0 Å². The summed E-state index contributed by atoms with van der Waals surface area (Å²) in [6.45, 7) is 0. The number of rotatable bonds is 4. The van der Waals surface area contributed by atoms with Crippen molar-refractivity contribution < 1.29 is 14.3 Å². The van der Waals surface area contributed by atoms with Crippen molar-refractivity contribution >= 4 is 29.4 Å². The number of amides is 2. The second-order valence-electron chi connectivity index (χ2n) is 6.69. The van der Waals surface area contributed by atoms with Crippen LogP contribution in [-0.4, -0.2) is 17.8 Å². The molecule has 0 saturated heterocycles. The second-order valence-corrected chi connectivity index (χ2v) is 7.13. The number of hydrogen-bond acceptors (Lipinski definition) is 4. The molecule has 0 spiro atoms. The molecule has 6 nitrogen and oxygen atoms in total. The van der Waals surface area contributed by atoms with E-state index in [2.05, 4.69) is 15.6 Å². The number of carbonyl (C=O) groups is 2. The van der Waals surface area contributed by atoms with Crippen LogP contribution in [0.5, 0.6) is 11.5 Å². The summed E-state index contributed by atoms with van der Waals surface area (Å²) in [4.78, 5) is 29.1.